The summed E-state index contributed by atoms with van der Waals surface area (Å²) in [6.07, 6.45) is 7.70. The zero-order valence-corrected chi connectivity index (χ0v) is 17.3. The first kappa shape index (κ1) is 20.0. The lowest BCUT2D eigenvalue weighted by molar-refractivity contribution is 0.0945. The van der Waals surface area contributed by atoms with E-state index in [-0.39, 0.29) is 5.91 Å². The number of rotatable bonds is 6. The summed E-state index contributed by atoms with van der Waals surface area (Å²) in [6, 6.07) is 9.36. The van der Waals surface area contributed by atoms with Crippen molar-refractivity contribution in [2.24, 2.45) is 0 Å². The predicted octanol–water partition coefficient (Wildman–Crippen LogP) is 2.51. The highest BCUT2D eigenvalue weighted by Gasteiger charge is 2.20. The molecule has 3 heterocycles. The fourth-order valence-electron chi connectivity index (χ4n) is 4.39. The minimum Gasteiger partial charge on any atom is -0.347 e. The monoisotopic (exact) mass is 396 g/mol. The molecule has 1 amide bonds. The average Bonchev–Trinajstić information content (AvgIpc) is 3.26. The third-order valence-corrected chi connectivity index (χ3v) is 6.30. The molecule has 1 aromatic carbocycles. The van der Waals surface area contributed by atoms with Crippen LogP contribution in [0.15, 0.2) is 30.5 Å². The summed E-state index contributed by atoms with van der Waals surface area (Å²) in [5.74, 6) is -0.161. The van der Waals surface area contributed by atoms with Gasteiger partial charge in [-0.3, -0.25) is 9.69 Å². The van der Waals surface area contributed by atoms with Crippen molar-refractivity contribution in [1.29, 1.82) is 0 Å². The van der Waals surface area contributed by atoms with Gasteiger partial charge in [-0.1, -0.05) is 35.9 Å². The van der Waals surface area contributed by atoms with E-state index in [2.05, 4.69) is 51.0 Å². The Kier molecular flexibility index (Phi) is 6.56. The number of hydrogen-bond donors (Lipinski definition) is 2. The minimum absolute atomic E-state index is 0.161. The molecule has 2 aromatic rings. The van der Waals surface area contributed by atoms with Gasteiger partial charge in [-0.2, -0.15) is 0 Å². The summed E-state index contributed by atoms with van der Waals surface area (Å²) in [5, 5.41) is 14.7. The van der Waals surface area contributed by atoms with Gasteiger partial charge in [0.1, 0.15) is 0 Å². The Morgan fingerprint density at radius 1 is 1.17 bits per heavy atom. The fraction of sp³-hybridized carbons (Fsp3) is 0.591. The Hall–Kier alpha value is -2.25. The van der Waals surface area contributed by atoms with E-state index in [1.54, 1.807) is 6.20 Å². The predicted molar refractivity (Wildman–Crippen MR) is 112 cm³/mol. The smallest absolute Gasteiger partial charge is 0.273 e. The van der Waals surface area contributed by atoms with Gasteiger partial charge in [0.2, 0.25) is 0 Å². The summed E-state index contributed by atoms with van der Waals surface area (Å²) >= 11 is 0. The van der Waals surface area contributed by atoms with E-state index in [9.17, 15) is 4.79 Å². The van der Waals surface area contributed by atoms with Crippen molar-refractivity contribution >= 4 is 5.91 Å². The summed E-state index contributed by atoms with van der Waals surface area (Å²) in [4.78, 5) is 15.2. The molecule has 1 atom stereocenters. The molecule has 0 aliphatic carbocycles. The molecule has 0 radical (unpaired) electrons. The Morgan fingerprint density at radius 2 is 1.97 bits per heavy atom. The molecule has 2 saturated heterocycles. The molecular weight excluding hydrogens is 364 g/mol. The van der Waals surface area contributed by atoms with Gasteiger partial charge >= 0.3 is 0 Å². The van der Waals surface area contributed by atoms with E-state index < -0.39 is 0 Å². The van der Waals surface area contributed by atoms with Crippen LogP contribution in [0.5, 0.6) is 0 Å². The first-order valence-corrected chi connectivity index (χ1v) is 10.9. The number of aromatic nitrogens is 3. The van der Waals surface area contributed by atoms with Gasteiger partial charge in [0.15, 0.2) is 5.69 Å². The maximum atomic E-state index is 12.6. The van der Waals surface area contributed by atoms with Crippen molar-refractivity contribution in [3.63, 3.8) is 0 Å². The number of nitrogens with zero attached hydrogens (tertiary/aromatic N) is 4. The molecule has 0 spiro atoms. The SMILES string of the molecule is CC1CCCCN1Cc1ccccc1CNC(=O)c1cn(C2CCNCC2)nn1. The molecule has 1 aromatic heterocycles. The van der Waals surface area contributed by atoms with E-state index in [0.29, 0.717) is 24.3 Å². The van der Waals surface area contributed by atoms with Crippen molar-refractivity contribution in [2.75, 3.05) is 19.6 Å². The number of benzene rings is 1. The third-order valence-electron chi connectivity index (χ3n) is 6.30. The van der Waals surface area contributed by atoms with Crippen molar-refractivity contribution in [1.82, 2.24) is 30.5 Å². The molecule has 1 unspecified atom stereocenters. The van der Waals surface area contributed by atoms with E-state index in [1.807, 2.05) is 10.7 Å². The molecule has 0 bridgehead atoms. The zero-order valence-electron chi connectivity index (χ0n) is 17.3. The molecular formula is C22H32N6O. The van der Waals surface area contributed by atoms with Crippen molar-refractivity contribution in [3.8, 4) is 0 Å². The van der Waals surface area contributed by atoms with Crippen LogP contribution in [0.4, 0.5) is 0 Å². The highest BCUT2D eigenvalue weighted by molar-refractivity contribution is 5.91. The number of amides is 1. The van der Waals surface area contributed by atoms with E-state index >= 15 is 0 Å². The van der Waals surface area contributed by atoms with Crippen LogP contribution < -0.4 is 10.6 Å². The highest BCUT2D eigenvalue weighted by Crippen LogP contribution is 2.21. The van der Waals surface area contributed by atoms with E-state index in [4.69, 9.17) is 0 Å². The average molecular weight is 397 g/mol. The maximum Gasteiger partial charge on any atom is 0.273 e. The summed E-state index contributed by atoms with van der Waals surface area (Å²) in [5.41, 5.74) is 2.86. The van der Waals surface area contributed by atoms with Gasteiger partial charge in [-0.15, -0.1) is 5.10 Å². The summed E-state index contributed by atoms with van der Waals surface area (Å²) in [6.45, 7) is 6.89. The van der Waals surface area contributed by atoms with Crippen LogP contribution in [0.3, 0.4) is 0 Å². The lowest BCUT2D eigenvalue weighted by Gasteiger charge is -2.33. The number of hydrogen-bond acceptors (Lipinski definition) is 5. The van der Waals surface area contributed by atoms with Crippen LogP contribution in [-0.4, -0.2) is 51.5 Å². The second-order valence-corrected chi connectivity index (χ2v) is 8.33. The second-order valence-electron chi connectivity index (χ2n) is 8.33. The third kappa shape index (κ3) is 5.03. The minimum atomic E-state index is -0.161. The quantitative estimate of drug-likeness (QED) is 0.785. The van der Waals surface area contributed by atoms with Crippen LogP contribution in [-0.2, 0) is 13.1 Å². The summed E-state index contributed by atoms with van der Waals surface area (Å²) < 4.78 is 1.85. The zero-order chi connectivity index (χ0) is 20.1. The molecule has 156 valence electrons. The Morgan fingerprint density at radius 3 is 2.76 bits per heavy atom. The highest BCUT2D eigenvalue weighted by atomic mass is 16.2. The molecule has 2 aliphatic heterocycles. The largest absolute Gasteiger partial charge is 0.347 e. The van der Waals surface area contributed by atoms with Gasteiger partial charge in [0.05, 0.1) is 12.2 Å². The van der Waals surface area contributed by atoms with Gasteiger partial charge in [-0.25, -0.2) is 4.68 Å². The topological polar surface area (TPSA) is 75.1 Å². The van der Waals surface area contributed by atoms with Gasteiger partial charge in [0.25, 0.3) is 5.91 Å². The molecule has 7 nitrogen and oxygen atoms in total. The van der Waals surface area contributed by atoms with Gasteiger partial charge in [-0.05, 0) is 63.4 Å². The lowest BCUT2D eigenvalue weighted by atomic mass is 10.0. The first-order valence-electron chi connectivity index (χ1n) is 10.9. The summed E-state index contributed by atoms with van der Waals surface area (Å²) in [7, 11) is 0. The van der Waals surface area contributed by atoms with Gasteiger partial charge in [0, 0.05) is 19.1 Å². The maximum absolute atomic E-state index is 12.6. The molecule has 0 saturated carbocycles. The number of carbonyl (C=O) groups is 1. The normalized spacial score (nSPS) is 21.2. The number of piperidine rings is 2. The van der Waals surface area contributed by atoms with Crippen LogP contribution in [0.1, 0.15) is 66.7 Å². The molecule has 2 fully saturated rings. The van der Waals surface area contributed by atoms with Crippen molar-refractivity contribution in [2.45, 2.75) is 64.2 Å². The lowest BCUT2D eigenvalue weighted by Crippen LogP contribution is -2.37. The second kappa shape index (κ2) is 9.50. The molecule has 7 heteroatoms. The number of likely N-dealkylation sites (tertiary alicyclic amines) is 1. The van der Waals surface area contributed by atoms with Crippen LogP contribution >= 0.6 is 0 Å². The number of carbonyl (C=O) groups excluding carboxylic acids is 1. The van der Waals surface area contributed by atoms with E-state index in [0.717, 1.165) is 39.0 Å². The van der Waals surface area contributed by atoms with Gasteiger partial charge < -0.3 is 10.6 Å². The molecule has 4 rings (SSSR count). The Balaban J connectivity index is 1.36. The Bertz CT molecular complexity index is 813. The molecule has 2 N–H and O–H groups in total. The number of nitrogens with one attached hydrogen (secondary N) is 2. The Labute approximate surface area is 172 Å². The van der Waals surface area contributed by atoms with Crippen molar-refractivity contribution in [3.05, 3.63) is 47.3 Å². The standard InChI is InChI=1S/C22H32N6O/c1-17-6-4-5-13-27(17)15-19-8-3-2-7-18(19)14-24-22(29)21-16-28(26-25-21)20-9-11-23-12-10-20/h2-3,7-8,16-17,20,23H,4-6,9-15H2,1H3,(H,24,29). The first-order chi connectivity index (χ1) is 14.2. The van der Waals surface area contributed by atoms with Crippen LogP contribution in [0, 0.1) is 0 Å². The van der Waals surface area contributed by atoms with E-state index in [1.165, 1.54) is 30.4 Å². The molecule has 29 heavy (non-hydrogen) atoms. The van der Waals surface area contributed by atoms with Crippen LogP contribution in [0.25, 0.3) is 0 Å². The van der Waals surface area contributed by atoms with Crippen molar-refractivity contribution < 1.29 is 4.79 Å². The molecule has 2 aliphatic rings. The van der Waals surface area contributed by atoms with Crippen LogP contribution in [0.2, 0.25) is 0 Å². The fourth-order valence-corrected chi connectivity index (χ4v) is 4.39.